The molecule has 0 unspecified atom stereocenters. The van der Waals surface area contributed by atoms with Crippen molar-refractivity contribution in [1.29, 1.82) is 0 Å². The van der Waals surface area contributed by atoms with Gasteiger partial charge in [-0.1, -0.05) is 25.1 Å². The van der Waals surface area contributed by atoms with E-state index in [9.17, 15) is 9.59 Å². The Kier molecular flexibility index (Phi) is 5.36. The quantitative estimate of drug-likeness (QED) is 0.859. The van der Waals surface area contributed by atoms with Crippen LogP contribution in [0.3, 0.4) is 0 Å². The zero-order valence-corrected chi connectivity index (χ0v) is 12.8. The smallest absolute Gasteiger partial charge is 0.256 e. The summed E-state index contributed by atoms with van der Waals surface area (Å²) in [5.74, 6) is 0.369. The lowest BCUT2D eigenvalue weighted by Gasteiger charge is -2.18. The summed E-state index contributed by atoms with van der Waals surface area (Å²) in [6.07, 6.45) is 2.04. The van der Waals surface area contributed by atoms with Crippen molar-refractivity contribution in [2.45, 2.75) is 26.4 Å². The van der Waals surface area contributed by atoms with Crippen LogP contribution in [0, 0.1) is 6.92 Å². The van der Waals surface area contributed by atoms with E-state index in [1.165, 1.54) is 12.3 Å². The maximum atomic E-state index is 12.1. The van der Waals surface area contributed by atoms with Gasteiger partial charge in [0.1, 0.15) is 17.4 Å². The summed E-state index contributed by atoms with van der Waals surface area (Å²) in [6.45, 7) is 4.10. The third-order valence-electron chi connectivity index (χ3n) is 3.29. The molecular weight excluding hydrogens is 280 g/mol. The van der Waals surface area contributed by atoms with Crippen LogP contribution in [0.4, 0.5) is 0 Å². The van der Waals surface area contributed by atoms with Crippen LogP contribution in [0.1, 0.15) is 29.4 Å². The molecule has 5 heteroatoms. The third-order valence-corrected chi connectivity index (χ3v) is 3.29. The van der Waals surface area contributed by atoms with Crippen LogP contribution < -0.4 is 15.5 Å². The van der Waals surface area contributed by atoms with Crippen LogP contribution in [0.5, 0.6) is 5.75 Å². The highest BCUT2D eigenvalue weighted by molar-refractivity contribution is 5.93. The Morgan fingerprint density at radius 1 is 1.32 bits per heavy atom. The number of hydrogen-bond donors (Lipinski definition) is 2. The van der Waals surface area contributed by atoms with Crippen molar-refractivity contribution in [3.8, 4) is 5.75 Å². The average molecular weight is 300 g/mol. The fourth-order valence-electron chi connectivity index (χ4n) is 2.01. The number of carbonyl (C=O) groups is 1. The zero-order valence-electron chi connectivity index (χ0n) is 12.8. The molecule has 2 rings (SSSR count). The lowest BCUT2D eigenvalue weighted by molar-refractivity contribution is 0.0924. The molecule has 1 aromatic heterocycles. The SMILES string of the molecule is CC[C@@H](CNC(=O)c1c[nH]c(C)cc1=O)Oc1ccccc1. The maximum absolute atomic E-state index is 12.1. The molecular formula is C17H20N2O3. The van der Waals surface area contributed by atoms with Crippen LogP contribution >= 0.6 is 0 Å². The lowest BCUT2D eigenvalue weighted by Crippen LogP contribution is -2.37. The Morgan fingerprint density at radius 2 is 2.05 bits per heavy atom. The number of H-pyrrole nitrogens is 1. The van der Waals surface area contributed by atoms with Crippen molar-refractivity contribution in [2.75, 3.05) is 6.54 Å². The fourth-order valence-corrected chi connectivity index (χ4v) is 2.01. The molecule has 1 aromatic carbocycles. The third kappa shape index (κ3) is 4.22. The largest absolute Gasteiger partial charge is 0.489 e. The molecule has 5 nitrogen and oxygen atoms in total. The minimum absolute atomic E-state index is 0.111. The molecule has 0 fully saturated rings. The number of amides is 1. The van der Waals surface area contributed by atoms with Gasteiger partial charge in [0.25, 0.3) is 5.91 Å². The Hall–Kier alpha value is -2.56. The molecule has 1 amide bonds. The summed E-state index contributed by atoms with van der Waals surface area (Å²) in [4.78, 5) is 26.7. The van der Waals surface area contributed by atoms with Crippen LogP contribution in [-0.2, 0) is 0 Å². The number of pyridine rings is 1. The minimum atomic E-state index is -0.392. The van der Waals surface area contributed by atoms with E-state index in [1.807, 2.05) is 37.3 Å². The highest BCUT2D eigenvalue weighted by Gasteiger charge is 2.13. The lowest BCUT2D eigenvalue weighted by atomic mass is 10.2. The number of para-hydroxylation sites is 1. The molecule has 1 atom stereocenters. The van der Waals surface area contributed by atoms with Gasteiger partial charge in [0.2, 0.25) is 0 Å². The van der Waals surface area contributed by atoms with Gasteiger partial charge < -0.3 is 15.0 Å². The van der Waals surface area contributed by atoms with E-state index in [0.717, 1.165) is 17.9 Å². The van der Waals surface area contributed by atoms with E-state index in [4.69, 9.17) is 4.74 Å². The second-order valence-electron chi connectivity index (χ2n) is 5.07. The zero-order chi connectivity index (χ0) is 15.9. The van der Waals surface area contributed by atoms with Gasteiger partial charge in [-0.25, -0.2) is 0 Å². The molecule has 0 aliphatic carbocycles. The van der Waals surface area contributed by atoms with Gasteiger partial charge in [-0.2, -0.15) is 0 Å². The summed E-state index contributed by atoms with van der Waals surface area (Å²) < 4.78 is 5.80. The van der Waals surface area contributed by atoms with E-state index in [0.29, 0.717) is 6.54 Å². The van der Waals surface area contributed by atoms with Crippen molar-refractivity contribution in [1.82, 2.24) is 10.3 Å². The number of nitrogens with one attached hydrogen (secondary N) is 2. The van der Waals surface area contributed by atoms with Gasteiger partial charge in [0, 0.05) is 18.0 Å². The molecule has 0 aliphatic heterocycles. The molecule has 22 heavy (non-hydrogen) atoms. The fraction of sp³-hybridized carbons (Fsp3) is 0.294. The van der Waals surface area contributed by atoms with Gasteiger partial charge in [-0.05, 0) is 25.5 Å². The summed E-state index contributed by atoms with van der Waals surface area (Å²) in [6, 6.07) is 10.9. The number of aromatic amines is 1. The Morgan fingerprint density at radius 3 is 2.68 bits per heavy atom. The molecule has 0 bridgehead atoms. The van der Waals surface area contributed by atoms with Gasteiger partial charge in [-0.3, -0.25) is 9.59 Å². The summed E-state index contributed by atoms with van der Waals surface area (Å²) >= 11 is 0. The van der Waals surface area contributed by atoms with Gasteiger partial charge in [0.15, 0.2) is 5.43 Å². The summed E-state index contributed by atoms with van der Waals surface area (Å²) in [7, 11) is 0. The minimum Gasteiger partial charge on any atom is -0.489 e. The standard InChI is InChI=1S/C17H20N2O3/c1-3-13(22-14-7-5-4-6-8-14)10-19-17(21)15-11-18-12(2)9-16(15)20/h4-9,11,13H,3,10H2,1-2H3,(H,18,20)(H,19,21)/t13-/m0/s1. The number of rotatable bonds is 6. The van der Waals surface area contributed by atoms with Gasteiger partial charge in [-0.15, -0.1) is 0 Å². The first-order valence-electron chi connectivity index (χ1n) is 7.29. The number of ether oxygens (including phenoxy) is 1. The Bertz CT molecular complexity index is 680. The van der Waals surface area contributed by atoms with E-state index in [-0.39, 0.29) is 17.1 Å². The number of carbonyl (C=O) groups excluding carboxylic acids is 1. The van der Waals surface area contributed by atoms with Crippen molar-refractivity contribution in [3.63, 3.8) is 0 Å². The Labute approximate surface area is 129 Å². The first kappa shape index (κ1) is 15.8. The second kappa shape index (κ2) is 7.45. The van der Waals surface area contributed by atoms with Crippen molar-refractivity contribution in [2.24, 2.45) is 0 Å². The topological polar surface area (TPSA) is 71.2 Å². The molecule has 0 saturated carbocycles. The first-order chi connectivity index (χ1) is 10.6. The molecule has 116 valence electrons. The van der Waals surface area contributed by atoms with Crippen molar-refractivity contribution in [3.05, 3.63) is 64.1 Å². The molecule has 2 N–H and O–H groups in total. The van der Waals surface area contributed by atoms with Crippen molar-refractivity contribution >= 4 is 5.91 Å². The van der Waals surface area contributed by atoms with Crippen molar-refractivity contribution < 1.29 is 9.53 Å². The van der Waals surface area contributed by atoms with E-state index in [1.54, 1.807) is 6.92 Å². The first-order valence-corrected chi connectivity index (χ1v) is 7.29. The number of aryl methyl sites for hydroxylation is 1. The molecule has 0 saturated heterocycles. The van der Waals surface area contributed by atoms with Crippen LogP contribution in [-0.4, -0.2) is 23.5 Å². The number of aromatic nitrogens is 1. The molecule has 0 spiro atoms. The van der Waals surface area contributed by atoms with Gasteiger partial charge in [0.05, 0.1) is 6.54 Å². The summed E-state index contributed by atoms with van der Waals surface area (Å²) in [5.41, 5.74) is 0.548. The predicted molar refractivity (Wildman–Crippen MR) is 85.3 cm³/mol. The Balaban J connectivity index is 1.95. The molecule has 1 heterocycles. The maximum Gasteiger partial charge on any atom is 0.256 e. The molecule has 0 radical (unpaired) electrons. The highest BCUT2D eigenvalue weighted by Crippen LogP contribution is 2.12. The number of hydrogen-bond acceptors (Lipinski definition) is 3. The van der Waals surface area contributed by atoms with E-state index >= 15 is 0 Å². The van der Waals surface area contributed by atoms with Crippen LogP contribution in [0.2, 0.25) is 0 Å². The highest BCUT2D eigenvalue weighted by atomic mass is 16.5. The molecule has 0 aliphatic rings. The molecule has 2 aromatic rings. The van der Waals surface area contributed by atoms with Crippen LogP contribution in [0.15, 0.2) is 47.4 Å². The average Bonchev–Trinajstić information content (AvgIpc) is 2.52. The van der Waals surface area contributed by atoms with E-state index < -0.39 is 5.91 Å². The monoisotopic (exact) mass is 300 g/mol. The number of benzene rings is 1. The second-order valence-corrected chi connectivity index (χ2v) is 5.07. The normalized spacial score (nSPS) is 11.7. The summed E-state index contributed by atoms with van der Waals surface area (Å²) in [5, 5.41) is 2.75. The van der Waals surface area contributed by atoms with E-state index in [2.05, 4.69) is 10.3 Å². The van der Waals surface area contributed by atoms with Crippen LogP contribution in [0.25, 0.3) is 0 Å². The van der Waals surface area contributed by atoms with Gasteiger partial charge >= 0.3 is 0 Å². The predicted octanol–water partition coefficient (Wildman–Crippen LogP) is 2.27.